The summed E-state index contributed by atoms with van der Waals surface area (Å²) in [5.41, 5.74) is 1.98. The second kappa shape index (κ2) is 7.68. The van der Waals surface area contributed by atoms with Crippen LogP contribution in [-0.4, -0.2) is 47.9 Å². The van der Waals surface area contributed by atoms with Crippen LogP contribution in [0.5, 0.6) is 5.75 Å². The fraction of sp³-hybridized carbons (Fsp3) is 0.450. The second-order valence-corrected chi connectivity index (χ2v) is 8.02. The van der Waals surface area contributed by atoms with Gasteiger partial charge >= 0.3 is 0 Å². The molecule has 2 aliphatic rings. The van der Waals surface area contributed by atoms with Gasteiger partial charge in [0.05, 0.1) is 23.7 Å². The molecule has 4 rings (SSSR count). The zero-order valence-electron chi connectivity index (χ0n) is 15.3. The lowest BCUT2D eigenvalue weighted by molar-refractivity contribution is -0.129. The highest BCUT2D eigenvalue weighted by atomic mass is 32.1. The number of ether oxygens (including phenoxy) is 1. The van der Waals surface area contributed by atoms with Crippen molar-refractivity contribution < 1.29 is 14.3 Å². The number of carbonyl (C=O) groups is 2. The number of likely N-dealkylation sites (tertiary alicyclic amines) is 1. The highest BCUT2D eigenvalue weighted by Crippen LogP contribution is 2.32. The molecule has 1 saturated carbocycles. The van der Waals surface area contributed by atoms with Crippen molar-refractivity contribution in [3.63, 3.8) is 0 Å². The summed E-state index contributed by atoms with van der Waals surface area (Å²) in [4.78, 5) is 30.8. The summed E-state index contributed by atoms with van der Waals surface area (Å²) in [6, 6.07) is 8.21. The molecule has 0 unspecified atom stereocenters. The van der Waals surface area contributed by atoms with Crippen molar-refractivity contribution >= 4 is 23.2 Å². The summed E-state index contributed by atoms with van der Waals surface area (Å²) in [6.07, 6.45) is 3.21. The van der Waals surface area contributed by atoms with E-state index in [1.165, 1.54) is 0 Å². The van der Waals surface area contributed by atoms with E-state index in [1.807, 2.05) is 34.5 Å². The molecule has 0 radical (unpaired) electrons. The molecule has 1 atom stereocenters. The van der Waals surface area contributed by atoms with E-state index in [9.17, 15) is 9.59 Å². The van der Waals surface area contributed by atoms with Gasteiger partial charge in [0.2, 0.25) is 11.8 Å². The van der Waals surface area contributed by atoms with E-state index in [4.69, 9.17) is 4.74 Å². The van der Waals surface area contributed by atoms with E-state index in [0.717, 1.165) is 34.9 Å². The maximum Gasteiger partial charge on any atom is 0.225 e. The fourth-order valence-electron chi connectivity index (χ4n) is 3.40. The molecule has 2 fully saturated rings. The zero-order valence-corrected chi connectivity index (χ0v) is 16.1. The molecule has 27 heavy (non-hydrogen) atoms. The average molecular weight is 385 g/mol. The van der Waals surface area contributed by atoms with E-state index in [1.54, 1.807) is 18.4 Å². The van der Waals surface area contributed by atoms with Crippen molar-refractivity contribution in [3.8, 4) is 17.0 Å². The third kappa shape index (κ3) is 4.13. The number of hydrogen-bond acceptors (Lipinski definition) is 5. The van der Waals surface area contributed by atoms with Crippen LogP contribution in [0, 0.1) is 5.92 Å². The van der Waals surface area contributed by atoms with Crippen LogP contribution in [0.2, 0.25) is 0 Å². The van der Waals surface area contributed by atoms with E-state index < -0.39 is 0 Å². The van der Waals surface area contributed by atoms with E-state index in [-0.39, 0.29) is 17.7 Å². The second-order valence-electron chi connectivity index (χ2n) is 7.07. The molecule has 2 aromatic rings. The predicted molar refractivity (Wildman–Crippen MR) is 104 cm³/mol. The fourth-order valence-corrected chi connectivity index (χ4v) is 4.21. The number of hydrogen-bond donors (Lipinski definition) is 1. The van der Waals surface area contributed by atoms with Crippen molar-refractivity contribution in [1.82, 2.24) is 15.2 Å². The summed E-state index contributed by atoms with van der Waals surface area (Å²) >= 11 is 1.60. The summed E-state index contributed by atoms with van der Waals surface area (Å²) in [5, 5.41) is 5.99. The molecule has 1 aliphatic heterocycles. The number of nitrogens with zero attached hydrogens (tertiary/aromatic N) is 2. The van der Waals surface area contributed by atoms with Crippen molar-refractivity contribution in [1.29, 1.82) is 0 Å². The van der Waals surface area contributed by atoms with Gasteiger partial charge in [0.15, 0.2) is 0 Å². The topological polar surface area (TPSA) is 71.5 Å². The molecule has 1 aromatic carbocycles. The van der Waals surface area contributed by atoms with Crippen LogP contribution in [0.25, 0.3) is 11.3 Å². The van der Waals surface area contributed by atoms with Gasteiger partial charge in [0, 0.05) is 42.9 Å². The van der Waals surface area contributed by atoms with Gasteiger partial charge < -0.3 is 15.0 Å². The molecule has 142 valence electrons. The van der Waals surface area contributed by atoms with Gasteiger partial charge in [-0.05, 0) is 37.1 Å². The van der Waals surface area contributed by atoms with Gasteiger partial charge in [0.25, 0.3) is 0 Å². The minimum Gasteiger partial charge on any atom is -0.497 e. The van der Waals surface area contributed by atoms with Crippen molar-refractivity contribution in [2.75, 3.05) is 20.2 Å². The summed E-state index contributed by atoms with van der Waals surface area (Å²) < 4.78 is 5.18. The SMILES string of the molecule is COc1ccc(-c2csc(CCNC(=O)[C@@H]3CC(=O)N(C4CC4)C3)n2)cc1. The van der Waals surface area contributed by atoms with Crippen LogP contribution >= 0.6 is 11.3 Å². The Morgan fingerprint density at radius 1 is 1.33 bits per heavy atom. The Labute approximate surface area is 162 Å². The highest BCUT2D eigenvalue weighted by molar-refractivity contribution is 7.09. The average Bonchev–Trinajstić information content (AvgIpc) is 3.29. The predicted octanol–water partition coefficient (Wildman–Crippen LogP) is 2.49. The molecule has 1 N–H and O–H groups in total. The van der Waals surface area contributed by atoms with E-state index in [2.05, 4.69) is 10.3 Å². The first-order valence-electron chi connectivity index (χ1n) is 9.30. The molecular formula is C20H23N3O3S. The minimum absolute atomic E-state index is 0.0153. The van der Waals surface area contributed by atoms with Crippen LogP contribution in [0.1, 0.15) is 24.3 Å². The Morgan fingerprint density at radius 3 is 2.81 bits per heavy atom. The molecule has 1 aliphatic carbocycles. The zero-order chi connectivity index (χ0) is 18.8. The molecule has 7 heteroatoms. The van der Waals surface area contributed by atoms with Gasteiger partial charge in [-0.1, -0.05) is 0 Å². The van der Waals surface area contributed by atoms with Crippen molar-refractivity contribution in [2.24, 2.45) is 5.92 Å². The summed E-state index contributed by atoms with van der Waals surface area (Å²) in [5.74, 6) is 0.729. The third-order valence-electron chi connectivity index (χ3n) is 5.09. The number of thiazole rings is 1. The molecule has 6 nitrogen and oxygen atoms in total. The number of nitrogens with one attached hydrogen (secondary N) is 1. The Bertz CT molecular complexity index is 829. The van der Waals surface area contributed by atoms with Gasteiger partial charge in [0.1, 0.15) is 5.75 Å². The van der Waals surface area contributed by atoms with Crippen LogP contribution in [-0.2, 0) is 16.0 Å². The van der Waals surface area contributed by atoms with Crippen LogP contribution in [0.15, 0.2) is 29.6 Å². The normalized spacial score (nSPS) is 19.4. The maximum absolute atomic E-state index is 12.3. The van der Waals surface area contributed by atoms with Gasteiger partial charge in [-0.2, -0.15) is 0 Å². The van der Waals surface area contributed by atoms with Crippen LogP contribution in [0.4, 0.5) is 0 Å². The molecule has 2 heterocycles. The number of benzene rings is 1. The number of methoxy groups -OCH3 is 1. The summed E-state index contributed by atoms with van der Waals surface area (Å²) in [7, 11) is 1.65. The largest absolute Gasteiger partial charge is 0.497 e. The first kappa shape index (κ1) is 18.0. The van der Waals surface area contributed by atoms with Crippen LogP contribution < -0.4 is 10.1 Å². The van der Waals surface area contributed by atoms with Crippen molar-refractivity contribution in [3.05, 3.63) is 34.7 Å². The van der Waals surface area contributed by atoms with Gasteiger partial charge in [-0.3, -0.25) is 9.59 Å². The first-order chi connectivity index (χ1) is 13.1. The molecule has 1 aromatic heterocycles. The molecule has 0 spiro atoms. The lowest BCUT2D eigenvalue weighted by atomic mass is 10.1. The van der Waals surface area contributed by atoms with E-state index >= 15 is 0 Å². The van der Waals surface area contributed by atoms with E-state index in [0.29, 0.717) is 32.0 Å². The number of carbonyl (C=O) groups excluding carboxylic acids is 2. The smallest absolute Gasteiger partial charge is 0.225 e. The molecule has 1 saturated heterocycles. The first-order valence-corrected chi connectivity index (χ1v) is 10.2. The third-order valence-corrected chi connectivity index (χ3v) is 6.00. The Kier molecular flexibility index (Phi) is 5.11. The Morgan fingerprint density at radius 2 is 2.11 bits per heavy atom. The number of rotatable bonds is 7. The van der Waals surface area contributed by atoms with Crippen molar-refractivity contribution in [2.45, 2.75) is 31.7 Å². The Balaban J connectivity index is 1.26. The molecule has 2 amide bonds. The van der Waals surface area contributed by atoms with Gasteiger partial charge in [-0.15, -0.1) is 11.3 Å². The molecular weight excluding hydrogens is 362 g/mol. The highest BCUT2D eigenvalue weighted by Gasteiger charge is 2.41. The standard InChI is InChI=1S/C20H23N3O3S/c1-26-16-6-2-13(3-7-16)17-12-27-18(22-17)8-9-21-20(25)14-10-19(24)23(11-14)15-4-5-15/h2-3,6-7,12,14-15H,4-5,8-11H2,1H3,(H,21,25)/t14-/m1/s1. The summed E-state index contributed by atoms with van der Waals surface area (Å²) in [6.45, 7) is 1.12. The lowest BCUT2D eigenvalue weighted by Gasteiger charge is -2.15. The lowest BCUT2D eigenvalue weighted by Crippen LogP contribution is -2.34. The van der Waals surface area contributed by atoms with Crippen LogP contribution in [0.3, 0.4) is 0 Å². The molecule has 0 bridgehead atoms. The number of amides is 2. The minimum atomic E-state index is -0.204. The Hall–Kier alpha value is -2.41. The quantitative estimate of drug-likeness (QED) is 0.795. The number of aromatic nitrogens is 1. The van der Waals surface area contributed by atoms with Gasteiger partial charge in [-0.25, -0.2) is 4.98 Å². The maximum atomic E-state index is 12.3. The monoisotopic (exact) mass is 385 g/mol.